The van der Waals surface area contributed by atoms with E-state index in [1.54, 1.807) is 6.26 Å². The van der Waals surface area contributed by atoms with Gasteiger partial charge in [0.2, 0.25) is 0 Å². The van der Waals surface area contributed by atoms with E-state index in [4.69, 9.17) is 10.2 Å². The third kappa shape index (κ3) is 3.10. The number of benzene rings is 1. The highest BCUT2D eigenvalue weighted by Crippen LogP contribution is 2.22. The van der Waals surface area contributed by atoms with Crippen LogP contribution in [-0.2, 0) is 12.8 Å². The van der Waals surface area contributed by atoms with Crippen molar-refractivity contribution in [2.24, 2.45) is 5.73 Å². The maximum atomic E-state index is 6.22. The van der Waals surface area contributed by atoms with Gasteiger partial charge >= 0.3 is 0 Å². The van der Waals surface area contributed by atoms with E-state index < -0.39 is 0 Å². The maximum Gasteiger partial charge on any atom is 0.108 e. The van der Waals surface area contributed by atoms with Gasteiger partial charge in [0.25, 0.3) is 0 Å². The predicted octanol–water partition coefficient (Wildman–Crippen LogP) is 3.69. The summed E-state index contributed by atoms with van der Waals surface area (Å²) in [4.78, 5) is 0. The van der Waals surface area contributed by atoms with E-state index in [1.165, 1.54) is 9.13 Å². The van der Waals surface area contributed by atoms with Gasteiger partial charge in [0.15, 0.2) is 0 Å². The number of halogens is 1. The fraction of sp³-hybridized carbons (Fsp3) is 0.286. The Morgan fingerprint density at radius 2 is 1.94 bits per heavy atom. The Bertz CT molecular complexity index is 475. The zero-order valence-electron chi connectivity index (χ0n) is 9.82. The Hall–Kier alpha value is -0.810. The number of hydrogen-bond donors (Lipinski definition) is 1. The van der Waals surface area contributed by atoms with Gasteiger partial charge in [-0.3, -0.25) is 0 Å². The van der Waals surface area contributed by atoms with Crippen LogP contribution in [0.4, 0.5) is 0 Å². The lowest BCUT2D eigenvalue weighted by molar-refractivity contribution is 0.505. The van der Waals surface area contributed by atoms with Gasteiger partial charge in [-0.2, -0.15) is 0 Å². The first kappa shape index (κ1) is 12.6. The minimum absolute atomic E-state index is 0.0174. The van der Waals surface area contributed by atoms with Crippen molar-refractivity contribution >= 4 is 22.6 Å². The number of hydrogen-bond acceptors (Lipinski definition) is 2. The summed E-state index contributed by atoms with van der Waals surface area (Å²) in [5, 5.41) is 0. The van der Waals surface area contributed by atoms with Gasteiger partial charge in [0.05, 0.1) is 6.26 Å². The molecule has 2 nitrogen and oxygen atoms in total. The fourth-order valence-electron chi connectivity index (χ4n) is 1.95. The maximum absolute atomic E-state index is 6.22. The van der Waals surface area contributed by atoms with Crippen molar-refractivity contribution in [3.63, 3.8) is 0 Å². The Labute approximate surface area is 115 Å². The van der Waals surface area contributed by atoms with Crippen molar-refractivity contribution < 1.29 is 4.42 Å². The first-order valence-corrected chi connectivity index (χ1v) is 6.85. The second-order valence-electron chi connectivity index (χ2n) is 4.09. The number of nitrogens with two attached hydrogens (primary N) is 1. The van der Waals surface area contributed by atoms with Crippen molar-refractivity contribution in [2.45, 2.75) is 25.8 Å². The molecule has 0 fully saturated rings. The molecule has 3 heteroatoms. The second kappa shape index (κ2) is 5.69. The van der Waals surface area contributed by atoms with Gasteiger partial charge in [-0.05, 0) is 52.8 Å². The summed E-state index contributed by atoms with van der Waals surface area (Å²) < 4.78 is 6.66. The molecule has 2 aromatic rings. The summed E-state index contributed by atoms with van der Waals surface area (Å²) in [6, 6.07) is 10.5. The lowest BCUT2D eigenvalue weighted by atomic mass is 9.99. The first-order chi connectivity index (χ1) is 8.20. The monoisotopic (exact) mass is 341 g/mol. The Balaban J connectivity index is 2.11. The van der Waals surface area contributed by atoms with Crippen LogP contribution in [0, 0.1) is 3.57 Å². The smallest absolute Gasteiger partial charge is 0.108 e. The van der Waals surface area contributed by atoms with E-state index in [-0.39, 0.29) is 6.04 Å². The molecule has 0 amide bonds. The highest BCUT2D eigenvalue weighted by molar-refractivity contribution is 14.1. The van der Waals surface area contributed by atoms with E-state index in [1.807, 2.05) is 6.07 Å². The zero-order chi connectivity index (χ0) is 12.3. The van der Waals surface area contributed by atoms with E-state index in [0.717, 1.165) is 24.2 Å². The van der Waals surface area contributed by atoms with Crippen LogP contribution in [0.15, 0.2) is 41.0 Å². The Morgan fingerprint density at radius 1 is 1.24 bits per heavy atom. The molecule has 0 spiro atoms. The summed E-state index contributed by atoms with van der Waals surface area (Å²) in [5.74, 6) is 1.00. The van der Waals surface area contributed by atoms with Gasteiger partial charge in [0.1, 0.15) is 5.76 Å². The molecule has 2 N–H and O–H groups in total. The van der Waals surface area contributed by atoms with Crippen molar-refractivity contribution in [3.8, 4) is 0 Å². The number of rotatable bonds is 4. The molecule has 0 aliphatic rings. The van der Waals surface area contributed by atoms with Gasteiger partial charge in [-0.15, -0.1) is 0 Å². The lowest BCUT2D eigenvalue weighted by Crippen LogP contribution is -2.14. The molecule has 2 rings (SSSR count). The average Bonchev–Trinajstić information content (AvgIpc) is 2.80. The Kier molecular flexibility index (Phi) is 4.23. The predicted molar refractivity (Wildman–Crippen MR) is 77.9 cm³/mol. The van der Waals surface area contributed by atoms with Gasteiger partial charge in [0, 0.05) is 21.6 Å². The molecule has 1 aromatic carbocycles. The summed E-state index contributed by atoms with van der Waals surface area (Å²) in [6.07, 6.45) is 3.47. The molecule has 1 unspecified atom stereocenters. The van der Waals surface area contributed by atoms with E-state index >= 15 is 0 Å². The molecule has 1 aromatic heterocycles. The molecule has 17 heavy (non-hydrogen) atoms. The van der Waals surface area contributed by atoms with Gasteiger partial charge in [-0.1, -0.05) is 19.1 Å². The van der Waals surface area contributed by atoms with Crippen molar-refractivity contribution in [1.82, 2.24) is 0 Å². The first-order valence-electron chi connectivity index (χ1n) is 5.77. The highest BCUT2D eigenvalue weighted by atomic mass is 127. The molecule has 0 radical (unpaired) electrons. The molecule has 1 atom stereocenters. The molecule has 0 saturated heterocycles. The van der Waals surface area contributed by atoms with Crippen LogP contribution in [0.5, 0.6) is 0 Å². The van der Waals surface area contributed by atoms with E-state index in [9.17, 15) is 0 Å². The largest absolute Gasteiger partial charge is 0.469 e. The van der Waals surface area contributed by atoms with Crippen molar-refractivity contribution in [3.05, 3.63) is 57.1 Å². The minimum Gasteiger partial charge on any atom is -0.469 e. The molecule has 90 valence electrons. The molecule has 0 saturated carbocycles. The third-order valence-electron chi connectivity index (χ3n) is 2.87. The van der Waals surface area contributed by atoms with Crippen LogP contribution >= 0.6 is 22.6 Å². The number of furan rings is 1. The number of aryl methyl sites for hydroxylation is 1. The average molecular weight is 341 g/mol. The molecule has 0 aliphatic heterocycles. The highest BCUT2D eigenvalue weighted by Gasteiger charge is 2.13. The molecular formula is C14H16INO. The quantitative estimate of drug-likeness (QED) is 0.862. The van der Waals surface area contributed by atoms with Crippen molar-refractivity contribution in [1.29, 1.82) is 0 Å². The van der Waals surface area contributed by atoms with Crippen LogP contribution in [0.1, 0.15) is 29.9 Å². The normalized spacial score (nSPS) is 12.6. The fourth-order valence-corrected chi connectivity index (χ4v) is 2.31. The van der Waals surface area contributed by atoms with Crippen LogP contribution in [0.2, 0.25) is 0 Å². The summed E-state index contributed by atoms with van der Waals surface area (Å²) >= 11 is 2.31. The summed E-state index contributed by atoms with van der Waals surface area (Å²) in [7, 11) is 0. The standard InChI is InChI=1S/C14H16INO/c1-2-14-12(7-8-17-14)13(16)9-10-3-5-11(15)6-4-10/h3-8,13H,2,9,16H2,1H3. The third-order valence-corrected chi connectivity index (χ3v) is 3.59. The lowest BCUT2D eigenvalue weighted by Gasteiger charge is -2.11. The molecule has 0 aliphatic carbocycles. The minimum atomic E-state index is 0.0174. The SMILES string of the molecule is CCc1occc1C(N)Cc1ccc(I)cc1. The van der Waals surface area contributed by atoms with Crippen LogP contribution in [0.3, 0.4) is 0 Å². The van der Waals surface area contributed by atoms with E-state index in [2.05, 4.69) is 53.8 Å². The molecular weight excluding hydrogens is 325 g/mol. The van der Waals surface area contributed by atoms with Crippen LogP contribution < -0.4 is 5.73 Å². The van der Waals surface area contributed by atoms with Crippen LogP contribution in [0.25, 0.3) is 0 Å². The summed E-state index contributed by atoms with van der Waals surface area (Å²) in [5.41, 5.74) is 8.62. The molecule has 1 heterocycles. The zero-order valence-corrected chi connectivity index (χ0v) is 12.0. The second-order valence-corrected chi connectivity index (χ2v) is 5.34. The summed E-state index contributed by atoms with van der Waals surface area (Å²) in [6.45, 7) is 2.08. The van der Waals surface area contributed by atoms with Gasteiger partial charge < -0.3 is 10.2 Å². The molecule has 0 bridgehead atoms. The van der Waals surface area contributed by atoms with Crippen LogP contribution in [-0.4, -0.2) is 0 Å². The topological polar surface area (TPSA) is 39.2 Å². The van der Waals surface area contributed by atoms with Gasteiger partial charge in [-0.25, -0.2) is 0 Å². The Morgan fingerprint density at radius 3 is 2.59 bits per heavy atom. The van der Waals surface area contributed by atoms with Crippen molar-refractivity contribution in [2.75, 3.05) is 0 Å². The van der Waals surface area contributed by atoms with E-state index in [0.29, 0.717) is 0 Å².